The predicted octanol–water partition coefficient (Wildman–Crippen LogP) is 5.09. The van der Waals surface area contributed by atoms with Crippen molar-refractivity contribution in [3.63, 3.8) is 0 Å². The van der Waals surface area contributed by atoms with Crippen LogP contribution in [-0.2, 0) is 26.3 Å². The lowest BCUT2D eigenvalue weighted by molar-refractivity contribution is -0.132. The summed E-state index contributed by atoms with van der Waals surface area (Å²) in [6.45, 7) is 1.13. The van der Waals surface area contributed by atoms with Crippen LogP contribution in [0, 0.1) is 0 Å². The lowest BCUT2D eigenvalue weighted by atomic mass is 9.97. The summed E-state index contributed by atoms with van der Waals surface area (Å²) >= 11 is 14.5. The molecular weight excluding hydrogens is 712 g/mol. The zero-order valence-electron chi connectivity index (χ0n) is 21.1. The summed E-state index contributed by atoms with van der Waals surface area (Å²) in [6, 6.07) is 6.43. The normalized spacial score (nSPS) is 17.9. The zero-order valence-corrected chi connectivity index (χ0v) is 26.6. The Morgan fingerprint density at radius 3 is 2.75 bits per heavy atom. The Bertz CT molecular complexity index is 1650. The average Bonchev–Trinajstić information content (AvgIpc) is 3.56. The van der Waals surface area contributed by atoms with Gasteiger partial charge in [-0.05, 0) is 62.9 Å². The van der Waals surface area contributed by atoms with Crippen LogP contribution in [-0.4, -0.2) is 53.8 Å². The van der Waals surface area contributed by atoms with Crippen molar-refractivity contribution < 1.29 is 22.2 Å². The fourth-order valence-electron chi connectivity index (χ4n) is 4.66. The standard InChI is InChI=1S/C25H23Br2ClN4O6S2/c1-40(35,36)38-20-4-2-3-17(28)23(20)21-10-18(30-37-21)19-13-39-24(29-19)14-5-7-31(8-6-14)22(33)12-32-11-15(26)9-16(27)25(32)34/h2-4,9,11,13-14,21H,5-8,10,12H2,1H3. The van der Waals surface area contributed by atoms with Gasteiger partial charge in [0.25, 0.3) is 5.56 Å². The van der Waals surface area contributed by atoms with E-state index >= 15 is 0 Å². The summed E-state index contributed by atoms with van der Waals surface area (Å²) in [4.78, 5) is 37.4. The second-order valence-corrected chi connectivity index (χ2v) is 14.1. The minimum atomic E-state index is -3.76. The van der Waals surface area contributed by atoms with Gasteiger partial charge < -0.3 is 18.5 Å². The maximum Gasteiger partial charge on any atom is 0.306 e. The van der Waals surface area contributed by atoms with Gasteiger partial charge in [0.05, 0.1) is 32.0 Å². The molecule has 0 bridgehead atoms. The molecule has 3 aromatic rings. The Morgan fingerprint density at radius 2 is 2.02 bits per heavy atom. The molecule has 1 unspecified atom stereocenters. The van der Waals surface area contributed by atoms with E-state index in [0.717, 1.165) is 24.1 Å². The molecule has 1 aromatic carbocycles. The summed E-state index contributed by atoms with van der Waals surface area (Å²) in [5, 5.41) is 7.41. The average molecular weight is 735 g/mol. The Labute approximate surface area is 256 Å². The lowest BCUT2D eigenvalue weighted by Crippen LogP contribution is -2.41. The molecular formula is C25H23Br2ClN4O6S2. The number of piperidine rings is 1. The van der Waals surface area contributed by atoms with Crippen LogP contribution in [0.1, 0.15) is 47.5 Å². The van der Waals surface area contributed by atoms with Crippen LogP contribution in [0.3, 0.4) is 0 Å². The van der Waals surface area contributed by atoms with Crippen molar-refractivity contribution >= 4 is 76.5 Å². The molecule has 0 spiro atoms. The van der Waals surface area contributed by atoms with E-state index in [9.17, 15) is 18.0 Å². The van der Waals surface area contributed by atoms with Crippen molar-refractivity contribution in [2.24, 2.45) is 5.16 Å². The third-order valence-corrected chi connectivity index (χ3v) is 9.39. The lowest BCUT2D eigenvalue weighted by Gasteiger charge is -2.31. The van der Waals surface area contributed by atoms with Crippen LogP contribution in [0.25, 0.3) is 0 Å². The number of nitrogens with zero attached hydrogens (tertiary/aromatic N) is 4. The van der Waals surface area contributed by atoms with Crippen LogP contribution < -0.4 is 9.74 Å². The van der Waals surface area contributed by atoms with Crippen molar-refractivity contribution in [1.82, 2.24) is 14.5 Å². The van der Waals surface area contributed by atoms with Crippen molar-refractivity contribution in [2.75, 3.05) is 19.3 Å². The second-order valence-electron chi connectivity index (χ2n) is 9.44. The first kappa shape index (κ1) is 29.2. The molecule has 0 radical (unpaired) electrons. The Kier molecular flexibility index (Phi) is 8.72. The first-order valence-electron chi connectivity index (χ1n) is 12.2. The number of pyridine rings is 1. The van der Waals surface area contributed by atoms with Crippen LogP contribution in [0.2, 0.25) is 5.02 Å². The van der Waals surface area contributed by atoms with Gasteiger partial charge in [0.15, 0.2) is 11.9 Å². The monoisotopic (exact) mass is 732 g/mol. The minimum absolute atomic E-state index is 0.0215. The molecule has 40 heavy (non-hydrogen) atoms. The number of oxime groups is 1. The van der Waals surface area contributed by atoms with Gasteiger partial charge in [-0.25, -0.2) is 4.98 Å². The van der Waals surface area contributed by atoms with Crippen LogP contribution in [0.15, 0.2) is 54.7 Å². The van der Waals surface area contributed by atoms with Gasteiger partial charge in [-0.3, -0.25) is 9.59 Å². The van der Waals surface area contributed by atoms with Gasteiger partial charge in [0.2, 0.25) is 5.91 Å². The van der Waals surface area contributed by atoms with Crippen molar-refractivity contribution in [1.29, 1.82) is 0 Å². The molecule has 0 aliphatic carbocycles. The van der Waals surface area contributed by atoms with E-state index in [1.54, 1.807) is 29.3 Å². The largest absolute Gasteiger partial charge is 0.387 e. The number of rotatable bonds is 7. The number of halogens is 3. The van der Waals surface area contributed by atoms with E-state index in [2.05, 4.69) is 37.0 Å². The number of carbonyl (C=O) groups excluding carboxylic acids is 1. The second kappa shape index (κ2) is 11.9. The van der Waals surface area contributed by atoms with Gasteiger partial charge in [0, 0.05) is 41.5 Å². The number of carbonyl (C=O) groups is 1. The first-order chi connectivity index (χ1) is 19.0. The highest BCUT2D eigenvalue weighted by Gasteiger charge is 2.32. The van der Waals surface area contributed by atoms with Gasteiger partial charge >= 0.3 is 10.1 Å². The molecule has 15 heteroatoms. The molecule has 1 amide bonds. The molecule has 0 N–H and O–H groups in total. The van der Waals surface area contributed by atoms with Crippen LogP contribution >= 0.6 is 54.8 Å². The molecule has 4 heterocycles. The number of hydrogen-bond donors (Lipinski definition) is 0. The molecule has 212 valence electrons. The molecule has 1 saturated heterocycles. The summed E-state index contributed by atoms with van der Waals surface area (Å²) in [7, 11) is -3.76. The topological polar surface area (TPSA) is 120 Å². The first-order valence-corrected chi connectivity index (χ1v) is 16.8. The SMILES string of the molecule is CS(=O)(=O)Oc1cccc(Cl)c1C1CC(c2csc(C3CCN(C(=O)Cn4cc(Br)cc(Br)c4=O)CC3)n2)=NO1. The molecule has 2 aromatic heterocycles. The highest BCUT2D eigenvalue weighted by atomic mass is 79.9. The molecule has 1 atom stereocenters. The molecule has 5 rings (SSSR count). The smallest absolute Gasteiger partial charge is 0.306 e. The quantitative estimate of drug-likeness (QED) is 0.310. The van der Waals surface area contributed by atoms with Crippen molar-refractivity contribution in [3.8, 4) is 5.75 Å². The van der Waals surface area contributed by atoms with Gasteiger partial charge in [-0.15, -0.1) is 11.3 Å². The third-order valence-electron chi connectivity index (χ3n) is 6.57. The van der Waals surface area contributed by atoms with Crippen LogP contribution in [0.5, 0.6) is 5.75 Å². The van der Waals surface area contributed by atoms with Crippen molar-refractivity contribution in [3.05, 3.63) is 76.4 Å². The number of amides is 1. The molecule has 10 nitrogen and oxygen atoms in total. The summed E-state index contributed by atoms with van der Waals surface area (Å²) in [5.74, 6) is 0.199. The maximum atomic E-state index is 12.9. The summed E-state index contributed by atoms with van der Waals surface area (Å²) in [5.41, 5.74) is 1.49. The molecule has 2 aliphatic heterocycles. The summed E-state index contributed by atoms with van der Waals surface area (Å²) in [6.07, 6.45) is 3.83. The Morgan fingerprint density at radius 1 is 1.27 bits per heavy atom. The molecule has 1 fully saturated rings. The van der Waals surface area contributed by atoms with E-state index in [0.29, 0.717) is 50.4 Å². The predicted molar refractivity (Wildman–Crippen MR) is 159 cm³/mol. The van der Waals surface area contributed by atoms with E-state index in [1.165, 1.54) is 22.0 Å². The highest BCUT2D eigenvalue weighted by molar-refractivity contribution is 9.11. The number of hydrogen-bond acceptors (Lipinski definition) is 9. The van der Waals surface area contributed by atoms with Gasteiger partial charge in [0.1, 0.15) is 12.3 Å². The van der Waals surface area contributed by atoms with Gasteiger partial charge in [-0.1, -0.05) is 22.8 Å². The Hall–Kier alpha value is -2.26. The zero-order chi connectivity index (χ0) is 28.6. The third kappa shape index (κ3) is 6.62. The fourth-order valence-corrected chi connectivity index (χ4v) is 7.68. The van der Waals surface area contributed by atoms with E-state index in [4.69, 9.17) is 25.6 Å². The van der Waals surface area contributed by atoms with E-state index in [-0.39, 0.29) is 29.7 Å². The molecule has 0 saturated carbocycles. The fraction of sp³-hybridized carbons (Fsp3) is 0.360. The van der Waals surface area contributed by atoms with Crippen LogP contribution in [0.4, 0.5) is 0 Å². The number of thiazole rings is 1. The molecule has 2 aliphatic rings. The number of aromatic nitrogens is 2. The minimum Gasteiger partial charge on any atom is -0.387 e. The van der Waals surface area contributed by atoms with Gasteiger partial charge in [-0.2, -0.15) is 8.42 Å². The number of benzene rings is 1. The van der Waals surface area contributed by atoms with Crippen molar-refractivity contribution in [2.45, 2.75) is 37.8 Å². The maximum absolute atomic E-state index is 12.9. The van der Waals surface area contributed by atoms with E-state index < -0.39 is 16.2 Å². The highest BCUT2D eigenvalue weighted by Crippen LogP contribution is 2.40. The Balaban J connectivity index is 1.20. The summed E-state index contributed by atoms with van der Waals surface area (Å²) < 4.78 is 31.0. The van der Waals surface area contributed by atoms with E-state index in [1.807, 2.05) is 5.38 Å². The number of likely N-dealkylation sites (tertiary alicyclic amines) is 1.